The van der Waals surface area contributed by atoms with E-state index in [4.69, 9.17) is 8.85 Å². The minimum absolute atomic E-state index is 0.0403. The number of benzene rings is 2. The maximum atomic E-state index is 11.6. The molecule has 47 heavy (non-hydrogen) atoms. The summed E-state index contributed by atoms with van der Waals surface area (Å²) >= 11 is 0. The van der Waals surface area contributed by atoms with Crippen LogP contribution in [0.4, 0.5) is 0 Å². The SMILES string of the molecule is CCCCC[C@@H](/C=C/[C@@H]1[C@@H](CCCCC(=O)O)[C@@H](O[Si](C)(C)C(C)(C)C)C[C@H]1O)O[Si](c1ccccc1)(c1ccccc1)C(C)(C)C. The summed E-state index contributed by atoms with van der Waals surface area (Å²) in [6.45, 7) is 20.5. The van der Waals surface area contributed by atoms with Crippen LogP contribution in [0.15, 0.2) is 72.8 Å². The third-order valence-corrected chi connectivity index (χ3v) is 20.3. The Hall–Kier alpha value is -2.04. The van der Waals surface area contributed by atoms with Crippen molar-refractivity contribution < 1.29 is 23.9 Å². The van der Waals surface area contributed by atoms with Crippen LogP contribution in [0.2, 0.25) is 23.2 Å². The molecule has 0 spiro atoms. The van der Waals surface area contributed by atoms with Crippen LogP contribution in [0.3, 0.4) is 0 Å². The smallest absolute Gasteiger partial charge is 0.303 e. The monoisotopic (exact) mass is 680 g/mol. The van der Waals surface area contributed by atoms with Crippen LogP contribution in [0.1, 0.15) is 106 Å². The lowest BCUT2D eigenvalue weighted by molar-refractivity contribution is -0.137. The number of aliphatic hydroxyl groups is 1. The molecule has 262 valence electrons. The quantitative estimate of drug-likeness (QED) is 0.0991. The zero-order chi connectivity index (χ0) is 34.9. The van der Waals surface area contributed by atoms with E-state index in [-0.39, 0.29) is 40.5 Å². The Balaban J connectivity index is 2.03. The van der Waals surface area contributed by atoms with E-state index in [0.717, 1.165) is 38.5 Å². The molecular formula is C40H64O5Si2. The van der Waals surface area contributed by atoms with E-state index in [1.54, 1.807) is 0 Å². The maximum absolute atomic E-state index is 11.6. The zero-order valence-corrected chi connectivity index (χ0v) is 32.8. The highest BCUT2D eigenvalue weighted by Crippen LogP contribution is 2.45. The number of unbranched alkanes of at least 4 members (excludes halogenated alkanes) is 3. The molecule has 0 bridgehead atoms. The highest BCUT2D eigenvalue weighted by Gasteiger charge is 2.51. The molecule has 1 saturated carbocycles. The van der Waals surface area contributed by atoms with Crippen molar-refractivity contribution in [2.45, 2.75) is 148 Å². The number of aliphatic carboxylic acids is 1. The molecule has 0 heterocycles. The summed E-state index contributed by atoms with van der Waals surface area (Å²) in [6.07, 6.45) is 11.2. The van der Waals surface area contributed by atoms with Gasteiger partial charge in [-0.1, -0.05) is 147 Å². The predicted octanol–water partition coefficient (Wildman–Crippen LogP) is 9.10. The first kappa shape index (κ1) is 39.4. The van der Waals surface area contributed by atoms with Gasteiger partial charge in [-0.05, 0) is 65.1 Å². The van der Waals surface area contributed by atoms with E-state index in [2.05, 4.69) is 134 Å². The van der Waals surface area contributed by atoms with Gasteiger partial charge in [0.15, 0.2) is 8.32 Å². The molecule has 2 aromatic rings. The van der Waals surface area contributed by atoms with Crippen molar-refractivity contribution in [1.82, 2.24) is 0 Å². The van der Waals surface area contributed by atoms with Crippen molar-refractivity contribution in [2.75, 3.05) is 0 Å². The lowest BCUT2D eigenvalue weighted by Crippen LogP contribution is -2.67. The Labute approximate surface area is 288 Å². The molecule has 0 aromatic heterocycles. The molecule has 3 rings (SSSR count). The molecule has 0 unspecified atom stereocenters. The molecule has 2 N–H and O–H groups in total. The van der Waals surface area contributed by atoms with Crippen LogP contribution >= 0.6 is 0 Å². The predicted molar refractivity (Wildman–Crippen MR) is 202 cm³/mol. The molecule has 1 fully saturated rings. The minimum atomic E-state index is -2.77. The first-order chi connectivity index (χ1) is 22.0. The molecule has 5 nitrogen and oxygen atoms in total. The van der Waals surface area contributed by atoms with Gasteiger partial charge in [0.1, 0.15) is 0 Å². The molecule has 2 aromatic carbocycles. The Morgan fingerprint density at radius 1 is 0.894 bits per heavy atom. The standard InChI is InChI=1S/C40H64O5Si2/c1-10-11-14-21-31(44-47(40(5,6)7,32-22-15-12-16-23-32)33-24-17-13-18-25-33)28-29-34-35(26-19-20-27-38(42)43)37(30-36(34)41)45-46(8,9)39(2,3)4/h12-13,15-18,22-25,28-29,31,34-37,41H,10-11,14,19-21,26-27,30H2,1-9H3,(H,42,43)/b29-28+/t31-,34+,35+,36+,37-/m0/s1. The van der Waals surface area contributed by atoms with Crippen LogP contribution < -0.4 is 10.4 Å². The van der Waals surface area contributed by atoms with Gasteiger partial charge in [-0.25, -0.2) is 0 Å². The van der Waals surface area contributed by atoms with Crippen molar-refractivity contribution >= 4 is 33.0 Å². The second-order valence-electron chi connectivity index (χ2n) is 16.3. The van der Waals surface area contributed by atoms with Gasteiger partial charge in [-0.2, -0.15) is 0 Å². The highest BCUT2D eigenvalue weighted by atomic mass is 28.4. The van der Waals surface area contributed by atoms with Gasteiger partial charge in [-0.15, -0.1) is 0 Å². The van der Waals surface area contributed by atoms with E-state index in [9.17, 15) is 15.0 Å². The first-order valence-corrected chi connectivity index (χ1v) is 22.9. The molecule has 1 aliphatic rings. The van der Waals surface area contributed by atoms with E-state index in [1.165, 1.54) is 10.4 Å². The van der Waals surface area contributed by atoms with Gasteiger partial charge in [0.2, 0.25) is 0 Å². The van der Waals surface area contributed by atoms with E-state index < -0.39 is 28.7 Å². The molecule has 7 heteroatoms. The number of hydrogen-bond acceptors (Lipinski definition) is 4. The summed E-state index contributed by atoms with van der Waals surface area (Å²) in [6, 6.07) is 21.6. The number of rotatable bonds is 17. The van der Waals surface area contributed by atoms with Gasteiger partial charge >= 0.3 is 5.97 Å². The van der Waals surface area contributed by atoms with E-state index in [0.29, 0.717) is 12.8 Å². The van der Waals surface area contributed by atoms with Gasteiger partial charge in [0, 0.05) is 12.3 Å². The summed E-state index contributed by atoms with van der Waals surface area (Å²) in [5, 5.41) is 23.3. The van der Waals surface area contributed by atoms with E-state index >= 15 is 0 Å². The molecule has 0 amide bonds. The maximum Gasteiger partial charge on any atom is 0.303 e. The van der Waals surface area contributed by atoms with Gasteiger partial charge in [0.05, 0.1) is 18.3 Å². The molecular weight excluding hydrogens is 617 g/mol. The van der Waals surface area contributed by atoms with Gasteiger partial charge in [0.25, 0.3) is 8.32 Å². The zero-order valence-electron chi connectivity index (χ0n) is 30.8. The lowest BCUT2D eigenvalue weighted by Gasteiger charge is -2.45. The summed E-state index contributed by atoms with van der Waals surface area (Å²) in [7, 11) is -4.85. The van der Waals surface area contributed by atoms with Crippen molar-refractivity contribution in [1.29, 1.82) is 0 Å². The summed E-state index contributed by atoms with van der Waals surface area (Å²) in [4.78, 5) is 11.3. The summed E-state index contributed by atoms with van der Waals surface area (Å²) in [5.74, 6) is -0.684. The molecule has 0 aliphatic heterocycles. The van der Waals surface area contributed by atoms with Crippen LogP contribution in [-0.4, -0.2) is 51.1 Å². The van der Waals surface area contributed by atoms with Gasteiger partial charge in [-0.3, -0.25) is 4.79 Å². The second-order valence-corrected chi connectivity index (χ2v) is 25.3. The van der Waals surface area contributed by atoms with Crippen LogP contribution in [0, 0.1) is 11.8 Å². The largest absolute Gasteiger partial charge is 0.481 e. The fourth-order valence-corrected chi connectivity index (χ4v) is 13.1. The van der Waals surface area contributed by atoms with Crippen molar-refractivity contribution in [2.24, 2.45) is 11.8 Å². The lowest BCUT2D eigenvalue weighted by atomic mass is 9.88. The Kier molecular flexibility index (Phi) is 14.3. The highest BCUT2D eigenvalue weighted by molar-refractivity contribution is 6.99. The van der Waals surface area contributed by atoms with Crippen LogP contribution in [0.5, 0.6) is 0 Å². The molecule has 0 saturated heterocycles. The third kappa shape index (κ3) is 10.2. The summed E-state index contributed by atoms with van der Waals surface area (Å²) < 4.78 is 14.6. The number of carbonyl (C=O) groups is 1. The van der Waals surface area contributed by atoms with Crippen molar-refractivity contribution in [3.63, 3.8) is 0 Å². The molecule has 0 radical (unpaired) electrons. The average Bonchev–Trinajstić information content (AvgIpc) is 3.28. The van der Waals surface area contributed by atoms with Crippen molar-refractivity contribution in [3.05, 3.63) is 72.8 Å². The van der Waals surface area contributed by atoms with Gasteiger partial charge < -0.3 is 19.1 Å². The number of aliphatic hydroxyl groups excluding tert-OH is 1. The second kappa shape index (κ2) is 17.1. The average molecular weight is 681 g/mol. The fourth-order valence-electron chi connectivity index (χ4n) is 7.06. The van der Waals surface area contributed by atoms with Crippen LogP contribution in [-0.2, 0) is 13.6 Å². The number of hydrogen-bond donors (Lipinski definition) is 2. The Morgan fingerprint density at radius 2 is 1.47 bits per heavy atom. The Bertz CT molecular complexity index is 1210. The number of carboxylic acids is 1. The minimum Gasteiger partial charge on any atom is -0.481 e. The number of carboxylic acid groups (broad SMARTS) is 1. The Morgan fingerprint density at radius 3 is 1.96 bits per heavy atom. The van der Waals surface area contributed by atoms with E-state index in [1.807, 2.05) is 0 Å². The first-order valence-electron chi connectivity index (χ1n) is 18.1. The molecule has 5 atom stereocenters. The topological polar surface area (TPSA) is 76.0 Å². The molecule has 1 aliphatic carbocycles. The summed E-state index contributed by atoms with van der Waals surface area (Å²) in [5.41, 5.74) is 0. The van der Waals surface area contributed by atoms with Crippen LogP contribution in [0.25, 0.3) is 0 Å². The third-order valence-electron chi connectivity index (χ3n) is 10.7. The normalized spacial score (nSPS) is 21.7. The van der Waals surface area contributed by atoms with Crippen molar-refractivity contribution in [3.8, 4) is 0 Å². The fraction of sp³-hybridized carbons (Fsp3) is 0.625.